The lowest BCUT2D eigenvalue weighted by atomic mass is 10.2. The van der Waals surface area contributed by atoms with E-state index in [-0.39, 0.29) is 18.0 Å². The molecule has 2 saturated heterocycles. The summed E-state index contributed by atoms with van der Waals surface area (Å²) in [5.41, 5.74) is 5.39. The van der Waals surface area contributed by atoms with E-state index in [2.05, 4.69) is 0 Å². The van der Waals surface area contributed by atoms with E-state index >= 15 is 0 Å². The number of amides is 1. The Balaban J connectivity index is 1.84. The monoisotopic (exact) mass is 226 g/mol. The lowest BCUT2D eigenvalue weighted by Gasteiger charge is -2.35. The van der Waals surface area contributed by atoms with Gasteiger partial charge in [0.05, 0.1) is 0 Å². The zero-order valence-corrected chi connectivity index (χ0v) is 9.32. The highest BCUT2D eigenvalue weighted by Gasteiger charge is 2.30. The van der Waals surface area contributed by atoms with Crippen molar-refractivity contribution in [3.8, 4) is 0 Å². The van der Waals surface area contributed by atoms with Crippen molar-refractivity contribution in [1.82, 2.24) is 9.80 Å². The zero-order chi connectivity index (χ0) is 11.5. The maximum Gasteiger partial charge on any atom is 0.251 e. The van der Waals surface area contributed by atoms with Gasteiger partial charge in [-0.3, -0.25) is 10.2 Å². The molecule has 0 radical (unpaired) electrons. The first kappa shape index (κ1) is 11.2. The van der Waals surface area contributed by atoms with Gasteiger partial charge in [0.15, 0.2) is 5.96 Å². The van der Waals surface area contributed by atoms with E-state index in [1.165, 1.54) is 0 Å². The second-order valence-corrected chi connectivity index (χ2v) is 4.20. The Morgan fingerprint density at radius 3 is 2.38 bits per heavy atom. The molecule has 0 saturated carbocycles. The molecule has 90 valence electrons. The molecule has 0 aromatic rings. The smallest absolute Gasteiger partial charge is 0.251 e. The quantitative estimate of drug-likeness (QED) is 0.453. The average molecular weight is 226 g/mol. The molecule has 6 heteroatoms. The Hall–Kier alpha value is -1.30. The summed E-state index contributed by atoms with van der Waals surface area (Å²) in [6.45, 7) is 3.27. The maximum absolute atomic E-state index is 12.0. The van der Waals surface area contributed by atoms with Crippen LogP contribution in [0.5, 0.6) is 0 Å². The fraction of sp³-hybridized carbons (Fsp3) is 0.800. The number of nitrogens with one attached hydrogen (secondary N) is 1. The molecular formula is C10H18N4O2. The molecule has 0 aromatic heterocycles. The van der Waals surface area contributed by atoms with Crippen LogP contribution in [0.2, 0.25) is 0 Å². The molecule has 2 fully saturated rings. The number of nitrogens with zero attached hydrogens (tertiary/aromatic N) is 2. The Bertz CT molecular complexity index is 281. The number of piperazine rings is 1. The summed E-state index contributed by atoms with van der Waals surface area (Å²) in [6.07, 6.45) is 1.58. The minimum absolute atomic E-state index is 0.0872. The predicted octanol–water partition coefficient (Wildman–Crippen LogP) is -0.797. The van der Waals surface area contributed by atoms with E-state index in [1.54, 1.807) is 4.90 Å². The maximum atomic E-state index is 12.0. The van der Waals surface area contributed by atoms with Crippen LogP contribution in [0.4, 0.5) is 0 Å². The van der Waals surface area contributed by atoms with Gasteiger partial charge in [0, 0.05) is 32.8 Å². The van der Waals surface area contributed by atoms with Crippen LogP contribution in [0.25, 0.3) is 0 Å². The third-order valence-corrected chi connectivity index (χ3v) is 3.14. The third kappa shape index (κ3) is 2.27. The van der Waals surface area contributed by atoms with Crippen molar-refractivity contribution < 1.29 is 9.53 Å². The summed E-state index contributed by atoms with van der Waals surface area (Å²) in [6, 6.07) is 0. The lowest BCUT2D eigenvalue weighted by Crippen LogP contribution is -2.54. The SMILES string of the molecule is N=C(N)N1CCN(C(=O)C2CCCO2)CC1. The third-order valence-electron chi connectivity index (χ3n) is 3.14. The van der Waals surface area contributed by atoms with E-state index in [0.29, 0.717) is 32.8 Å². The van der Waals surface area contributed by atoms with E-state index < -0.39 is 0 Å². The van der Waals surface area contributed by atoms with Crippen molar-refractivity contribution in [3.05, 3.63) is 0 Å². The fourth-order valence-corrected chi connectivity index (χ4v) is 2.14. The topological polar surface area (TPSA) is 82.7 Å². The molecule has 6 nitrogen and oxygen atoms in total. The fourth-order valence-electron chi connectivity index (χ4n) is 2.14. The lowest BCUT2D eigenvalue weighted by molar-refractivity contribution is -0.142. The molecule has 2 aliphatic heterocycles. The summed E-state index contributed by atoms with van der Waals surface area (Å²) < 4.78 is 5.37. The predicted molar refractivity (Wildman–Crippen MR) is 59.0 cm³/mol. The summed E-state index contributed by atoms with van der Waals surface area (Å²) in [4.78, 5) is 15.6. The minimum atomic E-state index is -0.233. The normalized spacial score (nSPS) is 25.9. The number of carbonyl (C=O) groups is 1. The van der Waals surface area contributed by atoms with Crippen LogP contribution in [0.1, 0.15) is 12.8 Å². The van der Waals surface area contributed by atoms with Crippen molar-refractivity contribution in [2.24, 2.45) is 5.73 Å². The number of guanidine groups is 1. The largest absolute Gasteiger partial charge is 0.370 e. The highest BCUT2D eigenvalue weighted by molar-refractivity contribution is 5.81. The molecule has 0 aliphatic carbocycles. The van der Waals surface area contributed by atoms with Crippen LogP contribution in [0.15, 0.2) is 0 Å². The van der Waals surface area contributed by atoms with Gasteiger partial charge in [0.25, 0.3) is 5.91 Å². The van der Waals surface area contributed by atoms with E-state index in [0.717, 1.165) is 12.8 Å². The van der Waals surface area contributed by atoms with E-state index in [1.807, 2.05) is 4.90 Å². The Morgan fingerprint density at radius 2 is 1.88 bits per heavy atom. The summed E-state index contributed by atoms with van der Waals surface area (Å²) in [5.74, 6) is 0.185. The molecule has 1 unspecified atom stereocenters. The first-order valence-corrected chi connectivity index (χ1v) is 5.68. The number of ether oxygens (including phenoxy) is 1. The van der Waals surface area contributed by atoms with Crippen molar-refractivity contribution in [2.45, 2.75) is 18.9 Å². The van der Waals surface area contributed by atoms with Gasteiger partial charge in [-0.2, -0.15) is 0 Å². The van der Waals surface area contributed by atoms with Crippen molar-refractivity contribution in [2.75, 3.05) is 32.8 Å². The molecule has 16 heavy (non-hydrogen) atoms. The number of carbonyl (C=O) groups excluding carboxylic acids is 1. The van der Waals surface area contributed by atoms with Gasteiger partial charge in [-0.05, 0) is 12.8 Å². The Labute approximate surface area is 94.8 Å². The molecule has 0 spiro atoms. The number of rotatable bonds is 1. The molecule has 1 amide bonds. The van der Waals surface area contributed by atoms with Crippen LogP contribution in [0.3, 0.4) is 0 Å². The van der Waals surface area contributed by atoms with Gasteiger partial charge in [-0.1, -0.05) is 0 Å². The van der Waals surface area contributed by atoms with Gasteiger partial charge in [-0.25, -0.2) is 0 Å². The molecule has 3 N–H and O–H groups in total. The molecular weight excluding hydrogens is 208 g/mol. The molecule has 1 atom stereocenters. The van der Waals surface area contributed by atoms with Gasteiger partial charge in [0.2, 0.25) is 0 Å². The second-order valence-electron chi connectivity index (χ2n) is 4.20. The molecule has 0 aromatic carbocycles. The zero-order valence-electron chi connectivity index (χ0n) is 9.32. The standard InChI is InChI=1S/C10H18N4O2/c11-10(12)14-5-3-13(4-6-14)9(15)8-2-1-7-16-8/h8H,1-7H2,(H3,11,12). The molecule has 2 heterocycles. The first-order valence-electron chi connectivity index (χ1n) is 5.68. The molecule has 2 rings (SSSR count). The van der Waals surface area contributed by atoms with Crippen molar-refractivity contribution in [3.63, 3.8) is 0 Å². The van der Waals surface area contributed by atoms with E-state index in [4.69, 9.17) is 15.9 Å². The first-order chi connectivity index (χ1) is 7.68. The van der Waals surface area contributed by atoms with Gasteiger partial charge in [-0.15, -0.1) is 0 Å². The molecule has 0 bridgehead atoms. The highest BCUT2D eigenvalue weighted by Crippen LogP contribution is 2.15. The second kappa shape index (κ2) is 4.69. The van der Waals surface area contributed by atoms with E-state index in [9.17, 15) is 4.79 Å². The van der Waals surface area contributed by atoms with Gasteiger partial charge in [0.1, 0.15) is 6.10 Å². The van der Waals surface area contributed by atoms with Gasteiger partial charge >= 0.3 is 0 Å². The Morgan fingerprint density at radius 1 is 1.25 bits per heavy atom. The van der Waals surface area contributed by atoms with Crippen LogP contribution >= 0.6 is 0 Å². The van der Waals surface area contributed by atoms with Crippen LogP contribution in [0, 0.1) is 5.41 Å². The average Bonchev–Trinajstić information content (AvgIpc) is 2.81. The number of hydrogen-bond acceptors (Lipinski definition) is 3. The number of nitrogens with two attached hydrogens (primary N) is 1. The van der Waals surface area contributed by atoms with Crippen LogP contribution < -0.4 is 5.73 Å². The van der Waals surface area contributed by atoms with Crippen LogP contribution in [-0.4, -0.2) is 60.6 Å². The molecule has 2 aliphatic rings. The number of hydrogen-bond donors (Lipinski definition) is 2. The Kier molecular flexibility index (Phi) is 3.28. The van der Waals surface area contributed by atoms with Gasteiger partial charge < -0.3 is 20.3 Å². The van der Waals surface area contributed by atoms with Crippen molar-refractivity contribution in [1.29, 1.82) is 5.41 Å². The van der Waals surface area contributed by atoms with Crippen molar-refractivity contribution >= 4 is 11.9 Å². The minimum Gasteiger partial charge on any atom is -0.370 e. The van der Waals surface area contributed by atoms with Crippen LogP contribution in [-0.2, 0) is 9.53 Å². The summed E-state index contributed by atoms with van der Waals surface area (Å²) >= 11 is 0. The summed E-state index contributed by atoms with van der Waals surface area (Å²) in [7, 11) is 0. The highest BCUT2D eigenvalue weighted by atomic mass is 16.5. The summed E-state index contributed by atoms with van der Waals surface area (Å²) in [5, 5.41) is 7.30.